The molecule has 0 aliphatic carbocycles. The molecule has 0 aliphatic heterocycles. The first-order valence-electron chi connectivity index (χ1n) is 5.56. The SMILES string of the molecule is CNC(=O)NC(=O)CCSCc1c(F)cccc1Cl. The van der Waals surface area contributed by atoms with Crippen LogP contribution in [-0.2, 0) is 10.5 Å². The van der Waals surface area contributed by atoms with Gasteiger partial charge in [-0.1, -0.05) is 17.7 Å². The molecule has 0 saturated heterocycles. The fourth-order valence-electron chi connectivity index (χ4n) is 1.26. The number of halogens is 2. The summed E-state index contributed by atoms with van der Waals surface area (Å²) >= 11 is 7.25. The van der Waals surface area contributed by atoms with Gasteiger partial charge in [-0.05, 0) is 12.1 Å². The van der Waals surface area contributed by atoms with Crippen LogP contribution >= 0.6 is 23.4 Å². The number of hydrogen-bond acceptors (Lipinski definition) is 3. The topological polar surface area (TPSA) is 58.2 Å². The summed E-state index contributed by atoms with van der Waals surface area (Å²) < 4.78 is 13.4. The van der Waals surface area contributed by atoms with Crippen molar-refractivity contribution in [3.63, 3.8) is 0 Å². The maximum Gasteiger partial charge on any atom is 0.321 e. The third kappa shape index (κ3) is 5.48. The van der Waals surface area contributed by atoms with Gasteiger partial charge >= 0.3 is 6.03 Å². The summed E-state index contributed by atoms with van der Waals surface area (Å²) in [6.45, 7) is 0. The first kappa shape index (κ1) is 15.8. The Morgan fingerprint density at radius 2 is 2.16 bits per heavy atom. The summed E-state index contributed by atoms with van der Waals surface area (Å²) in [6.07, 6.45) is 0.185. The van der Waals surface area contributed by atoms with E-state index in [-0.39, 0.29) is 18.1 Å². The smallest absolute Gasteiger partial charge is 0.321 e. The Balaban J connectivity index is 2.31. The largest absolute Gasteiger partial charge is 0.341 e. The van der Waals surface area contributed by atoms with Crippen LogP contribution in [0, 0.1) is 5.82 Å². The van der Waals surface area contributed by atoms with Gasteiger partial charge in [-0.3, -0.25) is 10.1 Å². The van der Waals surface area contributed by atoms with Crippen LogP contribution in [0.2, 0.25) is 5.02 Å². The van der Waals surface area contributed by atoms with Gasteiger partial charge in [0.2, 0.25) is 5.91 Å². The third-order valence-corrected chi connectivity index (χ3v) is 3.60. The average Bonchev–Trinajstić information content (AvgIpc) is 2.37. The molecule has 0 aromatic heterocycles. The average molecular weight is 305 g/mol. The minimum absolute atomic E-state index is 0.185. The molecule has 0 fully saturated rings. The van der Waals surface area contributed by atoms with Crippen LogP contribution in [-0.4, -0.2) is 24.7 Å². The van der Waals surface area contributed by atoms with E-state index in [2.05, 4.69) is 10.6 Å². The van der Waals surface area contributed by atoms with E-state index in [0.717, 1.165) is 0 Å². The molecule has 0 spiro atoms. The van der Waals surface area contributed by atoms with E-state index in [0.29, 0.717) is 22.1 Å². The summed E-state index contributed by atoms with van der Waals surface area (Å²) in [5.74, 6) is 0.146. The number of hydrogen-bond donors (Lipinski definition) is 2. The lowest BCUT2D eigenvalue weighted by Gasteiger charge is -2.06. The van der Waals surface area contributed by atoms with E-state index >= 15 is 0 Å². The van der Waals surface area contributed by atoms with Crippen LogP contribution in [0.5, 0.6) is 0 Å². The van der Waals surface area contributed by atoms with Crippen LogP contribution in [0.25, 0.3) is 0 Å². The van der Waals surface area contributed by atoms with E-state index < -0.39 is 6.03 Å². The second-order valence-corrected chi connectivity index (χ2v) is 5.14. The van der Waals surface area contributed by atoms with Crippen molar-refractivity contribution in [1.82, 2.24) is 10.6 Å². The molecule has 3 amide bonds. The maximum atomic E-state index is 13.4. The summed E-state index contributed by atoms with van der Waals surface area (Å²) in [5.41, 5.74) is 0.431. The molecule has 0 heterocycles. The second-order valence-electron chi connectivity index (χ2n) is 3.63. The Kier molecular flexibility index (Phi) is 6.66. The Hall–Kier alpha value is -1.27. The fraction of sp³-hybridized carbons (Fsp3) is 0.333. The van der Waals surface area contributed by atoms with Crippen LogP contribution in [0.4, 0.5) is 9.18 Å². The number of imide groups is 1. The highest BCUT2D eigenvalue weighted by molar-refractivity contribution is 7.98. The van der Waals surface area contributed by atoms with Crippen molar-refractivity contribution in [3.05, 3.63) is 34.6 Å². The molecule has 2 N–H and O–H groups in total. The molecular formula is C12H14ClFN2O2S. The molecule has 0 saturated carbocycles. The quantitative estimate of drug-likeness (QED) is 0.822. The summed E-state index contributed by atoms with van der Waals surface area (Å²) in [5, 5.41) is 4.81. The first-order valence-corrected chi connectivity index (χ1v) is 7.10. The zero-order valence-corrected chi connectivity index (χ0v) is 11.9. The van der Waals surface area contributed by atoms with Crippen molar-refractivity contribution in [2.45, 2.75) is 12.2 Å². The number of thioether (sulfide) groups is 1. The van der Waals surface area contributed by atoms with E-state index in [4.69, 9.17) is 11.6 Å². The maximum absolute atomic E-state index is 13.4. The molecule has 1 aromatic rings. The molecule has 19 heavy (non-hydrogen) atoms. The molecule has 104 valence electrons. The Morgan fingerprint density at radius 1 is 1.42 bits per heavy atom. The Bertz CT molecular complexity index is 451. The van der Waals surface area contributed by atoms with Crippen molar-refractivity contribution in [3.8, 4) is 0 Å². The number of benzene rings is 1. The molecule has 0 bridgehead atoms. The lowest BCUT2D eigenvalue weighted by Crippen LogP contribution is -2.37. The van der Waals surface area contributed by atoms with E-state index in [1.165, 1.54) is 24.9 Å². The highest BCUT2D eigenvalue weighted by Gasteiger charge is 2.08. The standard InChI is InChI=1S/C12H14ClFN2O2S/c1-15-12(18)16-11(17)5-6-19-7-8-9(13)3-2-4-10(8)14/h2-4H,5-7H2,1H3,(H2,15,16,17,18). The molecule has 0 atom stereocenters. The molecule has 0 radical (unpaired) electrons. The van der Waals surface area contributed by atoms with Gasteiger partial charge in [0.25, 0.3) is 0 Å². The van der Waals surface area contributed by atoms with Gasteiger partial charge in [0.1, 0.15) is 5.82 Å². The monoisotopic (exact) mass is 304 g/mol. The van der Waals surface area contributed by atoms with Crippen molar-refractivity contribution in [1.29, 1.82) is 0 Å². The van der Waals surface area contributed by atoms with E-state index in [1.54, 1.807) is 12.1 Å². The predicted molar refractivity (Wildman–Crippen MR) is 74.8 cm³/mol. The van der Waals surface area contributed by atoms with Gasteiger partial charge in [-0.15, -0.1) is 0 Å². The minimum Gasteiger partial charge on any atom is -0.341 e. The van der Waals surface area contributed by atoms with Crippen molar-refractivity contribution >= 4 is 35.3 Å². The Morgan fingerprint density at radius 3 is 2.79 bits per heavy atom. The van der Waals surface area contributed by atoms with Gasteiger partial charge in [0.15, 0.2) is 0 Å². The highest BCUT2D eigenvalue weighted by Crippen LogP contribution is 2.24. The summed E-state index contributed by atoms with van der Waals surface area (Å²) in [6, 6.07) is 3.98. The van der Waals surface area contributed by atoms with Gasteiger partial charge in [-0.25, -0.2) is 9.18 Å². The lowest BCUT2D eigenvalue weighted by molar-refractivity contribution is -0.119. The fourth-order valence-corrected chi connectivity index (χ4v) is 2.54. The predicted octanol–water partition coefficient (Wildman–Crippen LogP) is 2.56. The zero-order valence-electron chi connectivity index (χ0n) is 10.3. The lowest BCUT2D eigenvalue weighted by atomic mass is 10.2. The number of rotatable bonds is 5. The zero-order chi connectivity index (χ0) is 14.3. The molecule has 7 heteroatoms. The van der Waals surface area contributed by atoms with Crippen LogP contribution < -0.4 is 10.6 Å². The molecule has 1 aromatic carbocycles. The number of carbonyl (C=O) groups is 2. The number of urea groups is 1. The molecule has 1 rings (SSSR count). The normalized spacial score (nSPS) is 10.1. The van der Waals surface area contributed by atoms with E-state index in [9.17, 15) is 14.0 Å². The number of carbonyl (C=O) groups excluding carboxylic acids is 2. The first-order chi connectivity index (χ1) is 9.04. The van der Waals surface area contributed by atoms with Crippen molar-refractivity contribution in [2.24, 2.45) is 0 Å². The van der Waals surface area contributed by atoms with Crippen LogP contribution in [0.15, 0.2) is 18.2 Å². The second kappa shape index (κ2) is 8.01. The highest BCUT2D eigenvalue weighted by atomic mass is 35.5. The Labute approximate surface area is 120 Å². The van der Waals surface area contributed by atoms with Crippen LogP contribution in [0.3, 0.4) is 0 Å². The van der Waals surface area contributed by atoms with Gasteiger partial charge in [0, 0.05) is 35.6 Å². The van der Waals surface area contributed by atoms with Crippen molar-refractivity contribution in [2.75, 3.05) is 12.8 Å². The number of nitrogens with one attached hydrogen (secondary N) is 2. The van der Waals surface area contributed by atoms with E-state index in [1.807, 2.05) is 0 Å². The number of amides is 3. The minimum atomic E-state index is -0.535. The molecule has 4 nitrogen and oxygen atoms in total. The molecule has 0 aliphatic rings. The third-order valence-electron chi connectivity index (χ3n) is 2.26. The summed E-state index contributed by atoms with van der Waals surface area (Å²) in [7, 11) is 1.43. The van der Waals surface area contributed by atoms with Gasteiger partial charge in [-0.2, -0.15) is 11.8 Å². The molecule has 0 unspecified atom stereocenters. The van der Waals surface area contributed by atoms with Gasteiger partial charge in [0.05, 0.1) is 0 Å². The van der Waals surface area contributed by atoms with Gasteiger partial charge < -0.3 is 5.32 Å². The summed E-state index contributed by atoms with van der Waals surface area (Å²) in [4.78, 5) is 22.1. The van der Waals surface area contributed by atoms with Crippen LogP contribution in [0.1, 0.15) is 12.0 Å². The van der Waals surface area contributed by atoms with Crippen molar-refractivity contribution < 1.29 is 14.0 Å². The molecular weight excluding hydrogens is 291 g/mol.